The van der Waals surface area contributed by atoms with E-state index in [0.717, 1.165) is 11.1 Å². The predicted molar refractivity (Wildman–Crippen MR) is 121 cm³/mol. The Morgan fingerprint density at radius 3 is 2.47 bits per heavy atom. The van der Waals surface area contributed by atoms with E-state index in [0.29, 0.717) is 21.8 Å². The van der Waals surface area contributed by atoms with Gasteiger partial charge in [0.15, 0.2) is 5.13 Å². The molecule has 1 fully saturated rings. The number of aromatic nitrogens is 1. The second kappa shape index (κ2) is 8.39. The summed E-state index contributed by atoms with van der Waals surface area (Å²) in [5, 5.41) is 13.3. The van der Waals surface area contributed by atoms with Crippen LogP contribution in [0.3, 0.4) is 0 Å². The minimum Gasteiger partial charge on any atom is -0.507 e. The second-order valence-corrected chi connectivity index (χ2v) is 8.29. The number of aryl methyl sites for hydroxylation is 2. The molecular weight excluding hydrogens is 428 g/mol. The summed E-state index contributed by atoms with van der Waals surface area (Å²) in [6.07, 6.45) is 1.54. The van der Waals surface area contributed by atoms with Crippen molar-refractivity contribution >= 4 is 39.9 Å². The van der Waals surface area contributed by atoms with Gasteiger partial charge in [-0.25, -0.2) is 9.78 Å². The highest BCUT2D eigenvalue weighted by atomic mass is 32.1. The molecule has 0 radical (unpaired) electrons. The van der Waals surface area contributed by atoms with Crippen LogP contribution in [0.4, 0.5) is 5.13 Å². The average molecular weight is 449 g/mol. The Balaban J connectivity index is 1.93. The number of ether oxygens (including phenoxy) is 1. The Morgan fingerprint density at radius 1 is 1.12 bits per heavy atom. The third-order valence-electron chi connectivity index (χ3n) is 5.37. The van der Waals surface area contributed by atoms with Crippen molar-refractivity contribution in [3.8, 4) is 0 Å². The molecule has 8 heteroatoms. The van der Waals surface area contributed by atoms with E-state index in [1.54, 1.807) is 41.9 Å². The third-order valence-corrected chi connectivity index (χ3v) is 6.14. The Bertz CT molecular complexity index is 1250. The van der Waals surface area contributed by atoms with Crippen molar-refractivity contribution in [3.05, 3.63) is 87.4 Å². The van der Waals surface area contributed by atoms with Crippen LogP contribution in [0.15, 0.2) is 59.6 Å². The number of aliphatic hydroxyl groups excluding tert-OH is 1. The number of Topliss-reactive ketones (excluding diaryl/α,β-unsaturated/α-hetero) is 1. The van der Waals surface area contributed by atoms with E-state index in [-0.39, 0.29) is 11.3 Å². The molecule has 0 aliphatic carbocycles. The first-order valence-corrected chi connectivity index (χ1v) is 10.7. The van der Waals surface area contributed by atoms with Crippen molar-refractivity contribution in [3.63, 3.8) is 0 Å². The van der Waals surface area contributed by atoms with Gasteiger partial charge in [-0.3, -0.25) is 14.5 Å². The van der Waals surface area contributed by atoms with Crippen molar-refractivity contribution in [2.75, 3.05) is 12.0 Å². The minimum atomic E-state index is -0.896. The molecule has 3 aromatic rings. The molecule has 32 heavy (non-hydrogen) atoms. The summed E-state index contributed by atoms with van der Waals surface area (Å²) in [5.41, 5.74) is 3.03. The number of nitrogens with zero attached hydrogens (tertiary/aromatic N) is 2. The number of esters is 1. The highest BCUT2D eigenvalue weighted by molar-refractivity contribution is 7.14. The number of hydrogen-bond acceptors (Lipinski definition) is 7. The number of rotatable bonds is 4. The molecule has 162 valence electrons. The molecule has 1 aliphatic rings. The van der Waals surface area contributed by atoms with Crippen LogP contribution in [0.5, 0.6) is 0 Å². The fourth-order valence-electron chi connectivity index (χ4n) is 3.74. The summed E-state index contributed by atoms with van der Waals surface area (Å²) in [7, 11) is 1.29. The van der Waals surface area contributed by atoms with Crippen LogP contribution in [-0.2, 0) is 14.3 Å². The SMILES string of the molecule is COC(=O)c1ccc(C2C(=C(O)c3cc(C)ccc3C)C(=O)C(=O)N2c2nccs2)cc1. The van der Waals surface area contributed by atoms with Crippen LogP contribution in [0.1, 0.15) is 38.7 Å². The normalized spacial score (nSPS) is 17.6. The van der Waals surface area contributed by atoms with Gasteiger partial charge in [0.05, 0.1) is 24.3 Å². The van der Waals surface area contributed by atoms with Gasteiger partial charge in [0.25, 0.3) is 5.78 Å². The second-order valence-electron chi connectivity index (χ2n) is 7.42. The monoisotopic (exact) mass is 448 g/mol. The van der Waals surface area contributed by atoms with Crippen LogP contribution in [0, 0.1) is 13.8 Å². The lowest BCUT2D eigenvalue weighted by atomic mass is 9.93. The van der Waals surface area contributed by atoms with Crippen LogP contribution < -0.4 is 4.90 Å². The number of aliphatic hydroxyl groups is 1. The van der Waals surface area contributed by atoms with E-state index >= 15 is 0 Å². The van der Waals surface area contributed by atoms with Crippen molar-refractivity contribution in [1.82, 2.24) is 4.98 Å². The molecule has 7 nitrogen and oxygen atoms in total. The molecule has 0 bridgehead atoms. The zero-order chi connectivity index (χ0) is 23.0. The summed E-state index contributed by atoms with van der Waals surface area (Å²) in [6, 6.07) is 11.0. The van der Waals surface area contributed by atoms with Gasteiger partial charge in [-0.1, -0.05) is 29.8 Å². The Labute approximate surface area is 188 Å². The highest BCUT2D eigenvalue weighted by Crippen LogP contribution is 2.43. The number of hydrogen-bond donors (Lipinski definition) is 1. The number of thiazole rings is 1. The smallest absolute Gasteiger partial charge is 0.337 e. The maximum absolute atomic E-state index is 13.1. The van der Waals surface area contributed by atoms with Gasteiger partial charge in [0.1, 0.15) is 5.76 Å². The molecule has 1 amide bonds. The summed E-state index contributed by atoms with van der Waals surface area (Å²) >= 11 is 1.21. The summed E-state index contributed by atoms with van der Waals surface area (Å²) < 4.78 is 4.74. The van der Waals surface area contributed by atoms with E-state index in [1.807, 2.05) is 26.0 Å². The van der Waals surface area contributed by atoms with Crippen molar-refractivity contribution in [2.45, 2.75) is 19.9 Å². The number of anilines is 1. The lowest BCUT2D eigenvalue weighted by Crippen LogP contribution is -2.29. The molecular formula is C24H20N2O5S. The van der Waals surface area contributed by atoms with Crippen molar-refractivity contribution in [1.29, 1.82) is 0 Å². The van der Waals surface area contributed by atoms with Gasteiger partial charge in [-0.15, -0.1) is 11.3 Å². The number of ketones is 1. The maximum Gasteiger partial charge on any atom is 0.337 e. The van der Waals surface area contributed by atoms with E-state index in [1.165, 1.54) is 23.3 Å². The van der Waals surface area contributed by atoms with Crippen LogP contribution in [0.2, 0.25) is 0 Å². The molecule has 1 atom stereocenters. The quantitative estimate of drug-likeness (QED) is 0.278. The van der Waals surface area contributed by atoms with Gasteiger partial charge >= 0.3 is 11.9 Å². The van der Waals surface area contributed by atoms with Crippen molar-refractivity contribution < 1.29 is 24.2 Å². The first kappa shape index (κ1) is 21.5. The topological polar surface area (TPSA) is 96.8 Å². The van der Waals surface area contributed by atoms with E-state index in [2.05, 4.69) is 4.98 Å². The first-order valence-electron chi connectivity index (χ1n) is 9.80. The van der Waals surface area contributed by atoms with E-state index in [9.17, 15) is 19.5 Å². The molecule has 1 unspecified atom stereocenters. The zero-order valence-corrected chi connectivity index (χ0v) is 18.5. The lowest BCUT2D eigenvalue weighted by Gasteiger charge is -2.23. The van der Waals surface area contributed by atoms with Crippen LogP contribution in [-0.4, -0.2) is 34.9 Å². The van der Waals surface area contributed by atoms with Gasteiger partial charge in [0, 0.05) is 17.1 Å². The Morgan fingerprint density at radius 2 is 1.84 bits per heavy atom. The number of carbonyl (C=O) groups excluding carboxylic acids is 3. The van der Waals surface area contributed by atoms with Crippen molar-refractivity contribution in [2.24, 2.45) is 0 Å². The van der Waals surface area contributed by atoms with E-state index < -0.39 is 23.7 Å². The molecule has 0 spiro atoms. The summed E-state index contributed by atoms with van der Waals surface area (Å²) in [4.78, 5) is 43.5. The molecule has 2 heterocycles. The summed E-state index contributed by atoms with van der Waals surface area (Å²) in [5.74, 6) is -2.30. The number of amides is 1. The summed E-state index contributed by atoms with van der Waals surface area (Å²) in [6.45, 7) is 3.71. The van der Waals surface area contributed by atoms with E-state index in [4.69, 9.17) is 4.74 Å². The Kier molecular flexibility index (Phi) is 5.63. The number of carbonyl (C=O) groups is 3. The van der Waals surface area contributed by atoms with Gasteiger partial charge in [-0.05, 0) is 43.2 Å². The Hall–Kier alpha value is -3.78. The third kappa shape index (κ3) is 3.58. The standard InChI is InChI=1S/C24H20N2O5S/c1-13-4-5-14(2)17(12-13)20(27)18-19(15-6-8-16(9-7-15)23(30)31-3)26(22(29)21(18)28)24-25-10-11-32-24/h4-12,19,27H,1-3H3. The van der Waals surface area contributed by atoms with Gasteiger partial charge in [-0.2, -0.15) is 0 Å². The first-order chi connectivity index (χ1) is 15.3. The fourth-order valence-corrected chi connectivity index (χ4v) is 4.40. The zero-order valence-electron chi connectivity index (χ0n) is 17.7. The number of benzene rings is 2. The molecule has 1 aromatic heterocycles. The maximum atomic E-state index is 13.1. The molecule has 2 aromatic carbocycles. The molecule has 1 N–H and O–H groups in total. The predicted octanol–water partition coefficient (Wildman–Crippen LogP) is 4.17. The highest BCUT2D eigenvalue weighted by Gasteiger charge is 2.48. The fraction of sp³-hybridized carbons (Fsp3) is 0.167. The molecule has 1 aliphatic heterocycles. The lowest BCUT2D eigenvalue weighted by molar-refractivity contribution is -0.132. The average Bonchev–Trinajstić information content (AvgIpc) is 3.41. The van der Waals surface area contributed by atoms with Gasteiger partial charge in [0.2, 0.25) is 0 Å². The molecule has 0 saturated carbocycles. The largest absolute Gasteiger partial charge is 0.507 e. The molecule has 1 saturated heterocycles. The molecule has 4 rings (SSSR count). The van der Waals surface area contributed by atoms with Gasteiger partial charge < -0.3 is 9.84 Å². The van der Waals surface area contributed by atoms with Crippen LogP contribution in [0.25, 0.3) is 5.76 Å². The van der Waals surface area contributed by atoms with Crippen LogP contribution >= 0.6 is 11.3 Å². The number of methoxy groups -OCH3 is 1. The minimum absolute atomic E-state index is 0.0234.